The molecule has 0 bridgehead atoms. The molecule has 0 aliphatic carbocycles. The molecule has 2 aromatic rings. The number of nitrogens with two attached hydrogens (primary N) is 3. The fourth-order valence-corrected chi connectivity index (χ4v) is 1.78. The maximum atomic E-state index is 5.91. The third-order valence-corrected chi connectivity index (χ3v) is 2.71. The molecule has 0 saturated carbocycles. The van der Waals surface area contributed by atoms with Crippen molar-refractivity contribution in [1.82, 2.24) is 4.98 Å². The second-order valence-electron chi connectivity index (χ2n) is 3.44. The monoisotopic (exact) mass is 232 g/mol. The van der Waals surface area contributed by atoms with Crippen LogP contribution in [0, 0.1) is 4.64 Å². The Morgan fingerprint density at radius 3 is 2.19 bits per heavy atom. The molecule has 0 saturated heterocycles. The van der Waals surface area contributed by atoms with E-state index in [1.807, 2.05) is 30.3 Å². The van der Waals surface area contributed by atoms with Crippen molar-refractivity contribution in [3.63, 3.8) is 0 Å². The predicted octanol–water partition coefficient (Wildman–Crippen LogP) is 2.16. The van der Waals surface area contributed by atoms with Crippen LogP contribution in [0.4, 0.5) is 17.2 Å². The first-order chi connectivity index (χ1) is 7.61. The van der Waals surface area contributed by atoms with Crippen LogP contribution in [0.3, 0.4) is 0 Å². The molecule has 0 aliphatic rings. The highest BCUT2D eigenvalue weighted by Gasteiger charge is 2.11. The van der Waals surface area contributed by atoms with Gasteiger partial charge in [0, 0.05) is 5.56 Å². The maximum Gasteiger partial charge on any atom is 0.128 e. The summed E-state index contributed by atoms with van der Waals surface area (Å²) in [6, 6.07) is 9.56. The van der Waals surface area contributed by atoms with Gasteiger partial charge in [-0.1, -0.05) is 42.5 Å². The summed E-state index contributed by atoms with van der Waals surface area (Å²) in [6.45, 7) is 0. The number of H-pyrrole nitrogens is 1. The molecular formula is C11H12N4S. The van der Waals surface area contributed by atoms with Crippen molar-refractivity contribution in [1.29, 1.82) is 0 Å². The zero-order valence-electron chi connectivity index (χ0n) is 8.53. The highest BCUT2D eigenvalue weighted by atomic mass is 32.1. The van der Waals surface area contributed by atoms with E-state index >= 15 is 0 Å². The summed E-state index contributed by atoms with van der Waals surface area (Å²) < 4.78 is 0.408. The summed E-state index contributed by atoms with van der Waals surface area (Å²) in [7, 11) is 0. The Hall–Kier alpha value is -2.01. The minimum absolute atomic E-state index is 0.345. The average molecular weight is 232 g/mol. The molecule has 0 spiro atoms. The second-order valence-corrected chi connectivity index (χ2v) is 3.84. The Morgan fingerprint density at radius 1 is 0.938 bits per heavy atom. The smallest absolute Gasteiger partial charge is 0.128 e. The Kier molecular flexibility index (Phi) is 2.54. The third kappa shape index (κ3) is 1.61. The standard InChI is InChI=1S/C11H12N4S/c12-8-7(6-4-2-1-3-5-6)9(13)11(16)15-10(8)14/h1-5H,12-13H2,(H3,14,15,16). The lowest BCUT2D eigenvalue weighted by Crippen LogP contribution is -2.04. The van der Waals surface area contributed by atoms with Gasteiger partial charge in [-0.3, -0.25) is 0 Å². The van der Waals surface area contributed by atoms with Gasteiger partial charge >= 0.3 is 0 Å². The van der Waals surface area contributed by atoms with Gasteiger partial charge in [-0.25, -0.2) is 0 Å². The molecule has 0 amide bonds. The molecule has 7 N–H and O–H groups in total. The van der Waals surface area contributed by atoms with Crippen LogP contribution in [-0.4, -0.2) is 4.98 Å². The van der Waals surface area contributed by atoms with E-state index in [-0.39, 0.29) is 0 Å². The molecule has 0 radical (unpaired) electrons. The Bertz CT molecular complexity index is 575. The number of pyridine rings is 1. The van der Waals surface area contributed by atoms with Crippen molar-refractivity contribution in [2.45, 2.75) is 0 Å². The number of aromatic amines is 1. The van der Waals surface area contributed by atoms with Crippen molar-refractivity contribution in [2.75, 3.05) is 17.2 Å². The van der Waals surface area contributed by atoms with Gasteiger partial charge in [0.1, 0.15) is 10.5 Å². The number of nitrogens with one attached hydrogen (secondary N) is 1. The van der Waals surface area contributed by atoms with Crippen LogP contribution >= 0.6 is 12.2 Å². The summed E-state index contributed by atoms with van der Waals surface area (Å²) in [5.41, 5.74) is 20.0. The molecular weight excluding hydrogens is 220 g/mol. The topological polar surface area (TPSA) is 93.8 Å². The molecule has 16 heavy (non-hydrogen) atoms. The van der Waals surface area contributed by atoms with E-state index in [0.717, 1.165) is 5.56 Å². The molecule has 0 atom stereocenters. The van der Waals surface area contributed by atoms with Crippen LogP contribution in [0.1, 0.15) is 0 Å². The van der Waals surface area contributed by atoms with E-state index in [4.69, 9.17) is 29.4 Å². The fraction of sp³-hybridized carbons (Fsp3) is 0. The van der Waals surface area contributed by atoms with E-state index in [2.05, 4.69) is 4.98 Å². The van der Waals surface area contributed by atoms with Crippen molar-refractivity contribution in [3.05, 3.63) is 35.0 Å². The minimum atomic E-state index is 0.345. The maximum absolute atomic E-state index is 5.91. The molecule has 2 rings (SSSR count). The zero-order valence-corrected chi connectivity index (χ0v) is 9.34. The molecule has 1 heterocycles. The highest BCUT2D eigenvalue weighted by molar-refractivity contribution is 7.71. The highest BCUT2D eigenvalue weighted by Crippen LogP contribution is 2.34. The lowest BCUT2D eigenvalue weighted by Gasteiger charge is -2.11. The number of anilines is 3. The number of nitrogen functional groups attached to an aromatic ring is 3. The Morgan fingerprint density at radius 2 is 1.56 bits per heavy atom. The summed E-state index contributed by atoms with van der Waals surface area (Å²) in [5, 5.41) is 0. The number of benzene rings is 1. The quantitative estimate of drug-likeness (QED) is 0.567. The molecule has 1 aromatic heterocycles. The fourth-order valence-electron chi connectivity index (χ4n) is 1.57. The van der Waals surface area contributed by atoms with Crippen molar-refractivity contribution in [3.8, 4) is 11.1 Å². The van der Waals surface area contributed by atoms with Crippen molar-refractivity contribution in [2.24, 2.45) is 0 Å². The van der Waals surface area contributed by atoms with Crippen LogP contribution in [-0.2, 0) is 0 Å². The zero-order chi connectivity index (χ0) is 11.7. The Labute approximate surface area is 98.1 Å². The first-order valence-corrected chi connectivity index (χ1v) is 5.14. The number of rotatable bonds is 1. The van der Waals surface area contributed by atoms with E-state index in [9.17, 15) is 0 Å². The lowest BCUT2D eigenvalue weighted by atomic mass is 10.0. The third-order valence-electron chi connectivity index (χ3n) is 2.38. The van der Waals surface area contributed by atoms with E-state index in [1.165, 1.54) is 0 Å². The number of hydrogen-bond donors (Lipinski definition) is 4. The van der Waals surface area contributed by atoms with Gasteiger partial charge in [0.05, 0.1) is 11.4 Å². The van der Waals surface area contributed by atoms with Crippen molar-refractivity contribution < 1.29 is 0 Å². The molecule has 82 valence electrons. The number of hydrogen-bond acceptors (Lipinski definition) is 4. The lowest BCUT2D eigenvalue weighted by molar-refractivity contribution is 1.31. The van der Waals surface area contributed by atoms with Gasteiger partial charge in [-0.15, -0.1) is 0 Å². The summed E-state index contributed by atoms with van der Waals surface area (Å²) in [5.74, 6) is 0.345. The van der Waals surface area contributed by atoms with E-state index < -0.39 is 0 Å². The Balaban J connectivity index is 2.79. The normalized spacial score (nSPS) is 10.2. The predicted molar refractivity (Wildman–Crippen MR) is 70.3 cm³/mol. The summed E-state index contributed by atoms with van der Waals surface area (Å²) in [6.07, 6.45) is 0. The van der Waals surface area contributed by atoms with Gasteiger partial charge in [-0.05, 0) is 5.56 Å². The van der Waals surface area contributed by atoms with Gasteiger partial charge in [-0.2, -0.15) is 0 Å². The second kappa shape index (κ2) is 3.86. The minimum Gasteiger partial charge on any atom is -0.396 e. The summed E-state index contributed by atoms with van der Waals surface area (Å²) >= 11 is 5.07. The van der Waals surface area contributed by atoms with Gasteiger partial charge < -0.3 is 22.2 Å². The molecule has 1 aromatic carbocycles. The van der Waals surface area contributed by atoms with Crippen LogP contribution in [0.2, 0.25) is 0 Å². The summed E-state index contributed by atoms with van der Waals surface area (Å²) in [4.78, 5) is 2.76. The first kappa shape index (κ1) is 10.5. The SMILES string of the molecule is Nc1[nH]c(=S)c(N)c(-c2ccccc2)c1N. The molecule has 4 nitrogen and oxygen atoms in total. The first-order valence-electron chi connectivity index (χ1n) is 4.73. The molecule has 0 aliphatic heterocycles. The average Bonchev–Trinajstić information content (AvgIpc) is 2.28. The molecule has 5 heteroatoms. The van der Waals surface area contributed by atoms with E-state index in [1.54, 1.807) is 0 Å². The van der Waals surface area contributed by atoms with Crippen LogP contribution in [0.25, 0.3) is 11.1 Å². The van der Waals surface area contributed by atoms with Crippen LogP contribution in [0.15, 0.2) is 30.3 Å². The van der Waals surface area contributed by atoms with Gasteiger partial charge in [0.25, 0.3) is 0 Å². The van der Waals surface area contributed by atoms with Crippen LogP contribution < -0.4 is 17.2 Å². The van der Waals surface area contributed by atoms with Crippen LogP contribution in [0.5, 0.6) is 0 Å². The van der Waals surface area contributed by atoms with Gasteiger partial charge in [0.2, 0.25) is 0 Å². The molecule has 0 unspecified atom stereocenters. The number of aromatic nitrogens is 1. The van der Waals surface area contributed by atoms with E-state index in [0.29, 0.717) is 27.4 Å². The largest absolute Gasteiger partial charge is 0.396 e. The molecule has 0 fully saturated rings. The van der Waals surface area contributed by atoms with Gasteiger partial charge in [0.15, 0.2) is 0 Å². The van der Waals surface area contributed by atoms with Crippen molar-refractivity contribution >= 4 is 29.4 Å².